The number of hydrogen-bond acceptors (Lipinski definition) is 6. The zero-order chi connectivity index (χ0) is 12.7. The molecule has 0 radical (unpaired) electrons. The largest absolute Gasteiger partial charge is 0.457 e. The summed E-state index contributed by atoms with van der Waals surface area (Å²) in [5.41, 5.74) is 0.766. The van der Waals surface area contributed by atoms with Crippen LogP contribution < -0.4 is 0 Å². The molecule has 3 aliphatic rings. The first-order valence-electron chi connectivity index (χ1n) is 5.96. The van der Waals surface area contributed by atoms with E-state index in [1.165, 1.54) is 6.08 Å². The third-order valence-corrected chi connectivity index (χ3v) is 3.42. The van der Waals surface area contributed by atoms with Crippen LogP contribution in [-0.2, 0) is 28.5 Å². The summed E-state index contributed by atoms with van der Waals surface area (Å²) in [7, 11) is 0. The first-order valence-corrected chi connectivity index (χ1v) is 5.96. The van der Waals surface area contributed by atoms with Crippen LogP contribution in [0.2, 0.25) is 0 Å². The van der Waals surface area contributed by atoms with Crippen LogP contribution in [0.15, 0.2) is 11.6 Å². The molecule has 98 valence electrons. The van der Waals surface area contributed by atoms with Gasteiger partial charge in [-0.15, -0.1) is 0 Å². The van der Waals surface area contributed by atoms with E-state index < -0.39 is 24.5 Å². The van der Waals surface area contributed by atoms with Gasteiger partial charge in [0.1, 0.15) is 0 Å². The van der Waals surface area contributed by atoms with Gasteiger partial charge in [-0.25, -0.2) is 4.79 Å². The van der Waals surface area contributed by atoms with E-state index in [2.05, 4.69) is 0 Å². The molecule has 0 bridgehead atoms. The minimum atomic E-state index is -0.512. The summed E-state index contributed by atoms with van der Waals surface area (Å²) in [6.07, 6.45) is 0.180. The van der Waals surface area contributed by atoms with E-state index in [0.717, 1.165) is 5.57 Å². The number of carbonyl (C=O) groups excluding carboxylic acids is 2. The van der Waals surface area contributed by atoms with Gasteiger partial charge in [-0.2, -0.15) is 0 Å². The van der Waals surface area contributed by atoms with E-state index in [4.69, 9.17) is 18.9 Å². The van der Waals surface area contributed by atoms with Crippen molar-refractivity contribution in [2.24, 2.45) is 5.92 Å². The van der Waals surface area contributed by atoms with Crippen LogP contribution in [0.1, 0.15) is 13.3 Å². The highest BCUT2D eigenvalue weighted by Gasteiger charge is 2.49. The van der Waals surface area contributed by atoms with Crippen LogP contribution in [0, 0.1) is 5.92 Å². The fraction of sp³-hybridized carbons (Fsp3) is 0.667. The number of carbonyl (C=O) groups is 2. The van der Waals surface area contributed by atoms with Crippen LogP contribution in [0.3, 0.4) is 0 Å². The Morgan fingerprint density at radius 1 is 1.17 bits per heavy atom. The molecule has 0 unspecified atom stereocenters. The van der Waals surface area contributed by atoms with E-state index >= 15 is 0 Å². The Hall–Kier alpha value is -1.40. The second kappa shape index (κ2) is 4.37. The molecule has 0 aromatic heterocycles. The molecule has 2 fully saturated rings. The Morgan fingerprint density at radius 2 is 1.89 bits per heavy atom. The van der Waals surface area contributed by atoms with Crippen molar-refractivity contribution in [3.8, 4) is 0 Å². The first-order chi connectivity index (χ1) is 8.65. The average molecular weight is 254 g/mol. The Kier molecular flexibility index (Phi) is 2.83. The van der Waals surface area contributed by atoms with Gasteiger partial charge in [0.2, 0.25) is 0 Å². The molecule has 3 rings (SSSR count). The zero-order valence-corrected chi connectivity index (χ0v) is 9.96. The Labute approximate surface area is 104 Å². The minimum Gasteiger partial charge on any atom is -0.457 e. The number of ether oxygens (including phenoxy) is 4. The summed E-state index contributed by atoms with van der Waals surface area (Å²) >= 11 is 0. The van der Waals surface area contributed by atoms with Gasteiger partial charge in [-0.3, -0.25) is 4.79 Å². The average Bonchev–Trinajstić information content (AvgIpc) is 2.98. The zero-order valence-electron chi connectivity index (χ0n) is 9.96. The molecule has 18 heavy (non-hydrogen) atoms. The number of rotatable bonds is 2. The van der Waals surface area contributed by atoms with Gasteiger partial charge in [0.15, 0.2) is 18.5 Å². The van der Waals surface area contributed by atoms with Crippen LogP contribution in [0.4, 0.5) is 0 Å². The Bertz CT molecular complexity index is 409. The lowest BCUT2D eigenvalue weighted by Gasteiger charge is -2.26. The summed E-state index contributed by atoms with van der Waals surface area (Å²) in [5, 5.41) is 0. The Morgan fingerprint density at radius 3 is 2.50 bits per heavy atom. The normalized spacial score (nSPS) is 36.7. The smallest absolute Gasteiger partial charge is 0.331 e. The van der Waals surface area contributed by atoms with Gasteiger partial charge in [-0.05, 0) is 12.5 Å². The summed E-state index contributed by atoms with van der Waals surface area (Å²) in [4.78, 5) is 22.7. The maximum absolute atomic E-state index is 11.5. The highest BCUT2D eigenvalue weighted by atomic mass is 16.7. The van der Waals surface area contributed by atoms with Crippen LogP contribution in [0.25, 0.3) is 0 Å². The van der Waals surface area contributed by atoms with Crippen molar-refractivity contribution in [2.45, 2.75) is 31.8 Å². The van der Waals surface area contributed by atoms with E-state index in [-0.39, 0.29) is 18.3 Å². The van der Waals surface area contributed by atoms with Crippen LogP contribution in [0.5, 0.6) is 0 Å². The van der Waals surface area contributed by atoms with E-state index in [1.807, 2.05) is 0 Å². The van der Waals surface area contributed by atoms with Crippen LogP contribution in [-0.4, -0.2) is 43.7 Å². The predicted octanol–water partition coefficient (Wildman–Crippen LogP) is 0.163. The molecule has 0 aromatic carbocycles. The second-order valence-corrected chi connectivity index (χ2v) is 4.68. The van der Waals surface area contributed by atoms with Gasteiger partial charge in [-0.1, -0.05) is 0 Å². The van der Waals surface area contributed by atoms with Crippen molar-refractivity contribution in [3.63, 3.8) is 0 Å². The van der Waals surface area contributed by atoms with Crippen molar-refractivity contribution in [1.82, 2.24) is 0 Å². The lowest BCUT2D eigenvalue weighted by Crippen LogP contribution is -2.38. The predicted molar refractivity (Wildman–Crippen MR) is 57.3 cm³/mol. The quantitative estimate of drug-likeness (QED) is 0.654. The molecule has 0 amide bonds. The van der Waals surface area contributed by atoms with E-state index in [9.17, 15) is 9.59 Å². The summed E-state index contributed by atoms with van der Waals surface area (Å²) in [6.45, 7) is 2.82. The van der Waals surface area contributed by atoms with Gasteiger partial charge >= 0.3 is 11.9 Å². The van der Waals surface area contributed by atoms with Crippen molar-refractivity contribution < 1.29 is 28.5 Å². The lowest BCUT2D eigenvalue weighted by molar-refractivity contribution is -0.159. The molecule has 6 nitrogen and oxygen atoms in total. The van der Waals surface area contributed by atoms with Gasteiger partial charge in [0, 0.05) is 6.08 Å². The summed E-state index contributed by atoms with van der Waals surface area (Å²) < 4.78 is 21.3. The van der Waals surface area contributed by atoms with Crippen LogP contribution >= 0.6 is 0 Å². The first kappa shape index (κ1) is 11.7. The summed E-state index contributed by atoms with van der Waals surface area (Å²) in [5.74, 6) is -0.924. The maximum atomic E-state index is 11.5. The lowest BCUT2D eigenvalue weighted by atomic mass is 9.93. The second-order valence-electron chi connectivity index (χ2n) is 4.68. The third-order valence-electron chi connectivity index (χ3n) is 3.42. The molecular weight excluding hydrogens is 240 g/mol. The molecule has 0 saturated carbocycles. The molecule has 3 atom stereocenters. The number of hydrogen-bond donors (Lipinski definition) is 0. The molecule has 3 heterocycles. The number of esters is 2. The minimum absolute atomic E-state index is 0.223. The summed E-state index contributed by atoms with van der Waals surface area (Å²) in [6, 6.07) is 0. The SMILES string of the molecule is CC1=CC(=O)O[C@@H]1[C@H]1OC(=O)C[C@@H]1C1OCCO1. The molecule has 3 aliphatic heterocycles. The fourth-order valence-corrected chi connectivity index (χ4v) is 2.60. The Balaban J connectivity index is 1.79. The molecule has 0 aliphatic carbocycles. The van der Waals surface area contributed by atoms with Gasteiger partial charge in [0.05, 0.1) is 25.6 Å². The van der Waals surface area contributed by atoms with Crippen molar-refractivity contribution >= 4 is 11.9 Å². The van der Waals surface area contributed by atoms with Crippen molar-refractivity contribution in [2.75, 3.05) is 13.2 Å². The third kappa shape index (κ3) is 1.91. The van der Waals surface area contributed by atoms with Crippen molar-refractivity contribution in [3.05, 3.63) is 11.6 Å². The molecule has 0 aromatic rings. The van der Waals surface area contributed by atoms with Gasteiger partial charge < -0.3 is 18.9 Å². The van der Waals surface area contributed by atoms with E-state index in [1.54, 1.807) is 6.92 Å². The molecule has 6 heteroatoms. The van der Waals surface area contributed by atoms with Gasteiger partial charge in [0.25, 0.3) is 0 Å². The highest BCUT2D eigenvalue weighted by Crippen LogP contribution is 2.36. The maximum Gasteiger partial charge on any atom is 0.331 e. The topological polar surface area (TPSA) is 71.1 Å². The standard InChI is InChI=1S/C12H14O6/c1-6-4-8(13)17-10(6)11-7(5-9(14)18-11)12-15-2-3-16-12/h4,7,10-12H,2-3,5H2,1H3/t7-,10-,11-/m0/s1. The van der Waals surface area contributed by atoms with Crippen molar-refractivity contribution in [1.29, 1.82) is 0 Å². The molecular formula is C12H14O6. The monoisotopic (exact) mass is 254 g/mol. The highest BCUT2D eigenvalue weighted by molar-refractivity contribution is 5.86. The molecule has 0 N–H and O–H groups in total. The van der Waals surface area contributed by atoms with E-state index in [0.29, 0.717) is 13.2 Å². The molecule has 2 saturated heterocycles. The number of cyclic esters (lactones) is 2. The fourth-order valence-electron chi connectivity index (χ4n) is 2.60. The molecule has 0 spiro atoms.